The predicted molar refractivity (Wildman–Crippen MR) is 86.1 cm³/mol. The fraction of sp³-hybridized carbons (Fsp3) is 0.647. The lowest BCUT2D eigenvalue weighted by Gasteiger charge is -2.27. The van der Waals surface area contributed by atoms with E-state index in [2.05, 4.69) is 32.2 Å². The van der Waals surface area contributed by atoms with Crippen molar-refractivity contribution < 1.29 is 14.6 Å². The van der Waals surface area contributed by atoms with E-state index in [1.54, 1.807) is 14.2 Å². The lowest BCUT2D eigenvalue weighted by Crippen LogP contribution is -2.31. The second-order valence-corrected chi connectivity index (χ2v) is 6.21. The first-order chi connectivity index (χ1) is 9.93. The minimum atomic E-state index is 0.174. The van der Waals surface area contributed by atoms with E-state index in [1.165, 1.54) is 5.56 Å². The van der Waals surface area contributed by atoms with Crippen LogP contribution in [0.15, 0.2) is 18.2 Å². The van der Waals surface area contributed by atoms with Gasteiger partial charge in [-0.15, -0.1) is 0 Å². The van der Waals surface area contributed by atoms with Crippen LogP contribution in [0.2, 0.25) is 0 Å². The maximum atomic E-state index is 8.95. The third-order valence-electron chi connectivity index (χ3n) is 3.81. The van der Waals surface area contributed by atoms with E-state index in [4.69, 9.17) is 14.6 Å². The van der Waals surface area contributed by atoms with Crippen molar-refractivity contribution in [2.75, 3.05) is 27.4 Å². The molecule has 0 heterocycles. The van der Waals surface area contributed by atoms with Crippen LogP contribution in [0.1, 0.15) is 45.2 Å². The van der Waals surface area contributed by atoms with E-state index in [0.29, 0.717) is 0 Å². The van der Waals surface area contributed by atoms with Crippen LogP contribution in [0.25, 0.3) is 0 Å². The van der Waals surface area contributed by atoms with Gasteiger partial charge in [0.25, 0.3) is 0 Å². The first-order valence-electron chi connectivity index (χ1n) is 7.49. The average Bonchev–Trinajstić information content (AvgIpc) is 2.50. The van der Waals surface area contributed by atoms with E-state index in [9.17, 15) is 0 Å². The van der Waals surface area contributed by atoms with E-state index < -0.39 is 0 Å². The van der Waals surface area contributed by atoms with E-state index in [-0.39, 0.29) is 18.1 Å². The summed E-state index contributed by atoms with van der Waals surface area (Å²) in [5.41, 5.74) is 1.35. The van der Waals surface area contributed by atoms with Gasteiger partial charge in [0.1, 0.15) is 0 Å². The molecular weight excluding hydrogens is 266 g/mol. The average molecular weight is 295 g/mol. The molecule has 1 atom stereocenters. The molecule has 21 heavy (non-hydrogen) atoms. The van der Waals surface area contributed by atoms with Crippen molar-refractivity contribution in [3.8, 4) is 11.5 Å². The summed E-state index contributed by atoms with van der Waals surface area (Å²) in [7, 11) is 3.29. The normalized spacial score (nSPS) is 13.0. The smallest absolute Gasteiger partial charge is 0.161 e. The molecule has 1 rings (SSSR count). The van der Waals surface area contributed by atoms with E-state index >= 15 is 0 Å². The highest BCUT2D eigenvalue weighted by Crippen LogP contribution is 2.30. The second kappa shape index (κ2) is 8.25. The van der Waals surface area contributed by atoms with Gasteiger partial charge < -0.3 is 19.9 Å². The minimum absolute atomic E-state index is 0.174. The predicted octanol–water partition coefficient (Wildman–Crippen LogP) is 3.15. The van der Waals surface area contributed by atoms with Crippen molar-refractivity contribution in [1.82, 2.24) is 5.32 Å². The van der Waals surface area contributed by atoms with Crippen LogP contribution in [0.4, 0.5) is 0 Å². The van der Waals surface area contributed by atoms with Crippen LogP contribution in [-0.4, -0.2) is 32.5 Å². The van der Waals surface area contributed by atoms with Crippen molar-refractivity contribution in [1.29, 1.82) is 0 Å². The number of ether oxygens (including phenoxy) is 2. The van der Waals surface area contributed by atoms with E-state index in [1.807, 2.05) is 12.1 Å². The van der Waals surface area contributed by atoms with Gasteiger partial charge in [0, 0.05) is 19.2 Å². The van der Waals surface area contributed by atoms with Crippen LogP contribution in [0.5, 0.6) is 11.5 Å². The van der Waals surface area contributed by atoms with Crippen molar-refractivity contribution >= 4 is 0 Å². The van der Waals surface area contributed by atoms with Gasteiger partial charge in [0.2, 0.25) is 0 Å². The Bertz CT molecular complexity index is 432. The third-order valence-corrected chi connectivity index (χ3v) is 3.81. The summed E-state index contributed by atoms with van der Waals surface area (Å²) in [6.45, 7) is 7.74. The molecule has 0 aliphatic carbocycles. The van der Waals surface area contributed by atoms with Crippen LogP contribution in [0.3, 0.4) is 0 Å². The molecule has 0 aliphatic rings. The zero-order valence-corrected chi connectivity index (χ0v) is 13.9. The number of nitrogens with one attached hydrogen (secondary N) is 1. The molecule has 0 aliphatic heterocycles. The quantitative estimate of drug-likeness (QED) is 0.735. The zero-order chi connectivity index (χ0) is 15.9. The Morgan fingerprint density at radius 2 is 1.86 bits per heavy atom. The number of hydrogen-bond acceptors (Lipinski definition) is 4. The Labute approximate surface area is 128 Å². The molecule has 0 spiro atoms. The monoisotopic (exact) mass is 295 g/mol. The molecule has 0 saturated heterocycles. The molecule has 0 aromatic heterocycles. The third kappa shape index (κ3) is 5.56. The molecule has 4 nitrogen and oxygen atoms in total. The molecule has 0 saturated carbocycles. The molecular formula is C17H29NO3. The number of methoxy groups -OCH3 is 2. The van der Waals surface area contributed by atoms with Crippen molar-refractivity contribution in [2.24, 2.45) is 5.41 Å². The van der Waals surface area contributed by atoms with Gasteiger partial charge in [0.15, 0.2) is 11.5 Å². The highest BCUT2D eigenvalue weighted by molar-refractivity contribution is 5.43. The highest BCUT2D eigenvalue weighted by atomic mass is 16.5. The largest absolute Gasteiger partial charge is 0.493 e. The summed E-state index contributed by atoms with van der Waals surface area (Å²) in [5, 5.41) is 12.5. The van der Waals surface area contributed by atoms with Crippen molar-refractivity contribution in [3.63, 3.8) is 0 Å². The molecule has 0 amide bonds. The number of aliphatic hydroxyl groups is 1. The topological polar surface area (TPSA) is 50.7 Å². The van der Waals surface area contributed by atoms with Crippen molar-refractivity contribution in [3.05, 3.63) is 23.8 Å². The van der Waals surface area contributed by atoms with Gasteiger partial charge in [0.05, 0.1) is 14.2 Å². The number of rotatable bonds is 9. The summed E-state index contributed by atoms with van der Waals surface area (Å²) in [4.78, 5) is 0. The van der Waals surface area contributed by atoms with Gasteiger partial charge in [-0.3, -0.25) is 0 Å². The van der Waals surface area contributed by atoms with Gasteiger partial charge in [-0.05, 0) is 42.9 Å². The molecule has 1 unspecified atom stereocenters. The number of benzene rings is 1. The fourth-order valence-electron chi connectivity index (χ4n) is 2.32. The maximum Gasteiger partial charge on any atom is 0.161 e. The maximum absolute atomic E-state index is 8.95. The standard InChI is InChI=1S/C17H29NO3/c1-13(18-12-17(2,3)9-6-10-19)14-7-8-15(20-4)16(11-14)21-5/h7-8,11,13,18-19H,6,9-10,12H2,1-5H3. The molecule has 0 bridgehead atoms. The SMILES string of the molecule is COc1ccc(C(C)NCC(C)(C)CCCO)cc1OC. The van der Waals surface area contributed by atoms with Crippen LogP contribution in [-0.2, 0) is 0 Å². The first kappa shape index (κ1) is 17.8. The van der Waals surface area contributed by atoms with Crippen LogP contribution < -0.4 is 14.8 Å². The lowest BCUT2D eigenvalue weighted by atomic mass is 9.87. The lowest BCUT2D eigenvalue weighted by molar-refractivity contribution is 0.233. The molecule has 1 aromatic carbocycles. The Morgan fingerprint density at radius 3 is 2.43 bits per heavy atom. The number of hydrogen-bond donors (Lipinski definition) is 2. The first-order valence-corrected chi connectivity index (χ1v) is 7.49. The minimum Gasteiger partial charge on any atom is -0.493 e. The van der Waals surface area contributed by atoms with Gasteiger partial charge in [-0.2, -0.15) is 0 Å². The summed E-state index contributed by atoms with van der Waals surface area (Å²) >= 11 is 0. The van der Waals surface area contributed by atoms with Crippen LogP contribution >= 0.6 is 0 Å². The molecule has 1 aromatic rings. The Hall–Kier alpha value is -1.26. The summed E-state index contributed by atoms with van der Waals surface area (Å²) in [6, 6.07) is 6.23. The Kier molecular flexibility index (Phi) is 6.99. The zero-order valence-electron chi connectivity index (χ0n) is 13.9. The second-order valence-electron chi connectivity index (χ2n) is 6.21. The van der Waals surface area contributed by atoms with Gasteiger partial charge >= 0.3 is 0 Å². The Morgan fingerprint density at radius 1 is 1.19 bits per heavy atom. The molecule has 0 radical (unpaired) electrons. The summed E-state index contributed by atoms with van der Waals surface area (Å²) in [6.07, 6.45) is 1.86. The number of aliphatic hydroxyl groups excluding tert-OH is 1. The Balaban J connectivity index is 2.65. The molecule has 120 valence electrons. The fourth-order valence-corrected chi connectivity index (χ4v) is 2.32. The highest BCUT2D eigenvalue weighted by Gasteiger charge is 2.19. The molecule has 0 fully saturated rings. The summed E-state index contributed by atoms with van der Waals surface area (Å²) < 4.78 is 10.6. The van der Waals surface area contributed by atoms with Crippen molar-refractivity contribution in [2.45, 2.75) is 39.7 Å². The molecule has 2 N–H and O–H groups in total. The van der Waals surface area contributed by atoms with Gasteiger partial charge in [-0.25, -0.2) is 0 Å². The summed E-state index contributed by atoms with van der Waals surface area (Å²) in [5.74, 6) is 1.50. The van der Waals surface area contributed by atoms with E-state index in [0.717, 1.165) is 30.9 Å². The molecule has 4 heteroatoms. The van der Waals surface area contributed by atoms with Gasteiger partial charge in [-0.1, -0.05) is 19.9 Å². The van der Waals surface area contributed by atoms with Crippen LogP contribution in [0, 0.1) is 5.41 Å².